The fourth-order valence-corrected chi connectivity index (χ4v) is 5.63. The Morgan fingerprint density at radius 2 is 2.03 bits per heavy atom. The normalized spacial score (nSPS) is 21.3. The molecule has 0 radical (unpaired) electrons. The van der Waals surface area contributed by atoms with Crippen LogP contribution >= 0.6 is 23.2 Å². The van der Waals surface area contributed by atoms with E-state index < -0.39 is 0 Å². The Labute approximate surface area is 179 Å². The molecular formula is C21H24Cl2N6. The smallest absolute Gasteiger partial charge is 0.177 e. The summed E-state index contributed by atoms with van der Waals surface area (Å²) in [4.78, 5) is 11.8. The number of nitrogens with one attached hydrogen (secondary N) is 1. The summed E-state index contributed by atoms with van der Waals surface area (Å²) in [5, 5.41) is 8.38. The molecule has 2 aliphatic rings. The third-order valence-corrected chi connectivity index (χ3v) is 7.74. The highest BCUT2D eigenvalue weighted by Crippen LogP contribution is 2.50. The Bertz CT molecular complexity index is 1040. The monoisotopic (exact) mass is 430 g/mol. The van der Waals surface area contributed by atoms with Gasteiger partial charge < -0.3 is 10.6 Å². The van der Waals surface area contributed by atoms with Crippen molar-refractivity contribution in [2.75, 3.05) is 24.5 Å². The number of aromatic amines is 1. The van der Waals surface area contributed by atoms with Gasteiger partial charge in [-0.3, -0.25) is 5.10 Å². The van der Waals surface area contributed by atoms with Crippen LogP contribution in [-0.4, -0.2) is 39.8 Å². The van der Waals surface area contributed by atoms with E-state index in [1.807, 2.05) is 18.3 Å². The van der Waals surface area contributed by atoms with Crippen LogP contribution in [0.25, 0.3) is 22.4 Å². The number of nitrogens with zero attached hydrogens (tertiary/aromatic N) is 4. The molecule has 1 aromatic carbocycles. The minimum atomic E-state index is 0.438. The summed E-state index contributed by atoms with van der Waals surface area (Å²) in [6.45, 7) is 2.81. The Morgan fingerprint density at radius 3 is 2.83 bits per heavy atom. The van der Waals surface area contributed by atoms with Crippen LogP contribution in [0.4, 0.5) is 5.82 Å². The topological polar surface area (TPSA) is 83.7 Å². The molecule has 1 spiro atoms. The standard InChI is InChI=1S/C21H24Cl2N6/c22-15-5-1-4-14(17(15)23)18-19-20(28-27-18)26-16(12-25-19)29-9-7-21(8-10-29)6-2-3-13(21)11-24/h1,4-5,12-13H,2-3,6-11,24H2,(H,26,27,28). The van der Waals surface area contributed by atoms with Crippen molar-refractivity contribution in [3.63, 3.8) is 0 Å². The lowest BCUT2D eigenvalue weighted by atomic mass is 9.70. The quantitative estimate of drug-likeness (QED) is 0.630. The van der Waals surface area contributed by atoms with Crippen molar-refractivity contribution in [2.24, 2.45) is 17.1 Å². The zero-order valence-electron chi connectivity index (χ0n) is 16.2. The summed E-state index contributed by atoms with van der Waals surface area (Å²) in [5.74, 6) is 1.57. The highest BCUT2D eigenvalue weighted by Gasteiger charge is 2.44. The average Bonchev–Trinajstić information content (AvgIpc) is 3.34. The fourth-order valence-electron chi connectivity index (χ4n) is 5.24. The molecule has 1 atom stereocenters. The SMILES string of the molecule is NCC1CCCC12CCN(c1cnc3c(-c4cccc(Cl)c4Cl)n[nH]c3n1)CC2. The minimum absolute atomic E-state index is 0.438. The van der Waals surface area contributed by atoms with Crippen molar-refractivity contribution in [3.05, 3.63) is 34.4 Å². The van der Waals surface area contributed by atoms with Crippen LogP contribution in [-0.2, 0) is 0 Å². The van der Waals surface area contributed by atoms with Gasteiger partial charge in [0.2, 0.25) is 0 Å². The molecule has 0 bridgehead atoms. The van der Waals surface area contributed by atoms with Gasteiger partial charge in [-0.25, -0.2) is 9.97 Å². The molecule has 5 rings (SSSR count). The molecule has 6 nitrogen and oxygen atoms in total. The summed E-state index contributed by atoms with van der Waals surface area (Å²) in [5.41, 5.74) is 9.27. The molecule has 3 heterocycles. The number of hydrogen-bond donors (Lipinski definition) is 2. The number of benzene rings is 1. The first-order valence-corrected chi connectivity index (χ1v) is 11.0. The molecule has 1 saturated heterocycles. The lowest BCUT2D eigenvalue weighted by Gasteiger charge is -2.43. The van der Waals surface area contributed by atoms with Gasteiger partial charge in [0.15, 0.2) is 5.65 Å². The van der Waals surface area contributed by atoms with Gasteiger partial charge in [-0.1, -0.05) is 41.8 Å². The second kappa shape index (κ2) is 7.42. The molecule has 3 aromatic rings. The lowest BCUT2D eigenvalue weighted by molar-refractivity contribution is 0.154. The largest absolute Gasteiger partial charge is 0.355 e. The molecule has 1 aliphatic carbocycles. The van der Waals surface area contributed by atoms with E-state index in [2.05, 4.69) is 20.1 Å². The van der Waals surface area contributed by atoms with Gasteiger partial charge in [0, 0.05) is 18.7 Å². The number of halogens is 2. The van der Waals surface area contributed by atoms with Gasteiger partial charge in [-0.15, -0.1) is 0 Å². The molecule has 29 heavy (non-hydrogen) atoms. The van der Waals surface area contributed by atoms with E-state index in [0.717, 1.165) is 31.0 Å². The molecular weight excluding hydrogens is 407 g/mol. The van der Waals surface area contributed by atoms with Crippen LogP contribution in [0, 0.1) is 11.3 Å². The van der Waals surface area contributed by atoms with Crippen LogP contribution in [0.15, 0.2) is 24.4 Å². The predicted molar refractivity (Wildman–Crippen MR) is 117 cm³/mol. The Balaban J connectivity index is 1.40. The molecule has 2 aromatic heterocycles. The third-order valence-electron chi connectivity index (χ3n) is 6.93. The Hall–Kier alpha value is -1.89. The van der Waals surface area contributed by atoms with Crippen molar-refractivity contribution in [1.82, 2.24) is 20.2 Å². The second-order valence-electron chi connectivity index (χ2n) is 8.27. The Kier molecular flexibility index (Phi) is 4.88. The maximum Gasteiger partial charge on any atom is 0.177 e. The summed E-state index contributed by atoms with van der Waals surface area (Å²) < 4.78 is 0. The number of aromatic nitrogens is 4. The van der Waals surface area contributed by atoms with Crippen molar-refractivity contribution in [3.8, 4) is 11.3 Å². The van der Waals surface area contributed by atoms with E-state index in [4.69, 9.17) is 33.9 Å². The number of nitrogens with two attached hydrogens (primary N) is 1. The number of fused-ring (bicyclic) bond motifs is 1. The highest BCUT2D eigenvalue weighted by atomic mass is 35.5. The van der Waals surface area contributed by atoms with E-state index in [1.165, 1.54) is 32.1 Å². The minimum Gasteiger partial charge on any atom is -0.355 e. The predicted octanol–water partition coefficient (Wildman–Crippen LogP) is 4.67. The molecule has 152 valence electrons. The molecule has 1 saturated carbocycles. The van der Waals surface area contributed by atoms with Crippen LogP contribution in [0.1, 0.15) is 32.1 Å². The molecule has 0 amide bonds. The highest BCUT2D eigenvalue weighted by molar-refractivity contribution is 6.43. The van der Waals surface area contributed by atoms with Gasteiger partial charge in [0.25, 0.3) is 0 Å². The Morgan fingerprint density at radius 1 is 1.21 bits per heavy atom. The maximum atomic E-state index is 6.37. The molecule has 2 fully saturated rings. The third kappa shape index (κ3) is 3.18. The van der Waals surface area contributed by atoms with Gasteiger partial charge >= 0.3 is 0 Å². The van der Waals surface area contributed by atoms with Crippen LogP contribution in [0.5, 0.6) is 0 Å². The first-order valence-electron chi connectivity index (χ1n) is 10.2. The number of anilines is 1. The van der Waals surface area contributed by atoms with Gasteiger partial charge in [-0.2, -0.15) is 5.10 Å². The number of hydrogen-bond acceptors (Lipinski definition) is 5. The van der Waals surface area contributed by atoms with E-state index in [0.29, 0.717) is 38.2 Å². The lowest BCUT2D eigenvalue weighted by Crippen LogP contribution is -2.44. The molecule has 1 unspecified atom stereocenters. The molecule has 8 heteroatoms. The average molecular weight is 431 g/mol. The van der Waals surface area contributed by atoms with E-state index in [9.17, 15) is 0 Å². The van der Waals surface area contributed by atoms with Crippen molar-refractivity contribution in [2.45, 2.75) is 32.1 Å². The van der Waals surface area contributed by atoms with E-state index in [-0.39, 0.29) is 0 Å². The van der Waals surface area contributed by atoms with Gasteiger partial charge in [0.1, 0.15) is 17.0 Å². The molecule has 1 aliphatic heterocycles. The van der Waals surface area contributed by atoms with Gasteiger partial charge in [-0.05, 0) is 49.6 Å². The summed E-state index contributed by atoms with van der Waals surface area (Å²) in [6.07, 6.45) is 8.12. The zero-order chi connectivity index (χ0) is 20.0. The number of H-pyrrole nitrogens is 1. The number of piperidine rings is 1. The van der Waals surface area contributed by atoms with Crippen LogP contribution in [0.3, 0.4) is 0 Å². The zero-order valence-corrected chi connectivity index (χ0v) is 17.7. The van der Waals surface area contributed by atoms with E-state index >= 15 is 0 Å². The fraction of sp³-hybridized carbons (Fsp3) is 0.476. The van der Waals surface area contributed by atoms with Crippen molar-refractivity contribution in [1.29, 1.82) is 0 Å². The second-order valence-corrected chi connectivity index (χ2v) is 9.06. The first-order chi connectivity index (χ1) is 14.1. The molecule has 3 N–H and O–H groups in total. The van der Waals surface area contributed by atoms with E-state index in [1.54, 1.807) is 6.07 Å². The summed E-state index contributed by atoms with van der Waals surface area (Å²) in [6, 6.07) is 5.50. The van der Waals surface area contributed by atoms with Gasteiger partial charge in [0.05, 0.1) is 16.2 Å². The van der Waals surface area contributed by atoms with Crippen LogP contribution < -0.4 is 10.6 Å². The van der Waals surface area contributed by atoms with Crippen molar-refractivity contribution >= 4 is 40.2 Å². The summed E-state index contributed by atoms with van der Waals surface area (Å²) >= 11 is 12.5. The first kappa shape index (κ1) is 19.1. The maximum absolute atomic E-state index is 6.37. The van der Waals surface area contributed by atoms with Crippen LogP contribution in [0.2, 0.25) is 10.0 Å². The van der Waals surface area contributed by atoms with Crippen molar-refractivity contribution < 1.29 is 0 Å². The summed E-state index contributed by atoms with van der Waals surface area (Å²) in [7, 11) is 0. The number of rotatable bonds is 3.